The molecule has 0 saturated heterocycles. The van der Waals surface area contributed by atoms with Gasteiger partial charge in [-0.05, 0) is 37.6 Å². The molecular weight excluding hydrogens is 266 g/mol. The van der Waals surface area contributed by atoms with Crippen molar-refractivity contribution in [3.63, 3.8) is 0 Å². The molecule has 21 heavy (non-hydrogen) atoms. The van der Waals surface area contributed by atoms with E-state index in [2.05, 4.69) is 38.2 Å². The Bertz CT molecular complexity index is 448. The zero-order chi connectivity index (χ0) is 15.2. The summed E-state index contributed by atoms with van der Waals surface area (Å²) in [5, 5.41) is 3.31. The first-order valence-electron chi connectivity index (χ1n) is 7.80. The predicted octanol–water partition coefficient (Wildman–Crippen LogP) is 3.17. The standard InChI is InChI=1S/C17H27NO3/c1-12(2)13(3)21-11-15(18-4)14-6-7-16-17(10-14)20-9-5-8-19-16/h6-7,10,12-13,15,18H,5,8-9,11H2,1-4H3. The van der Waals surface area contributed by atoms with Crippen molar-refractivity contribution in [3.8, 4) is 11.5 Å². The monoisotopic (exact) mass is 293 g/mol. The maximum atomic E-state index is 5.95. The van der Waals surface area contributed by atoms with Crippen LogP contribution in [0.2, 0.25) is 0 Å². The Morgan fingerprint density at radius 1 is 1.14 bits per heavy atom. The molecule has 118 valence electrons. The number of nitrogens with one attached hydrogen (secondary N) is 1. The van der Waals surface area contributed by atoms with Crippen molar-refractivity contribution in [2.75, 3.05) is 26.9 Å². The molecule has 4 nitrogen and oxygen atoms in total. The lowest BCUT2D eigenvalue weighted by Gasteiger charge is -2.22. The quantitative estimate of drug-likeness (QED) is 0.874. The first kappa shape index (κ1) is 16.1. The van der Waals surface area contributed by atoms with Gasteiger partial charge in [-0.15, -0.1) is 0 Å². The average molecular weight is 293 g/mol. The number of rotatable bonds is 6. The van der Waals surface area contributed by atoms with Gasteiger partial charge in [0.25, 0.3) is 0 Å². The number of hydrogen-bond donors (Lipinski definition) is 1. The molecule has 2 unspecified atom stereocenters. The first-order chi connectivity index (χ1) is 10.1. The fourth-order valence-electron chi connectivity index (χ4n) is 2.18. The van der Waals surface area contributed by atoms with Crippen LogP contribution in [-0.4, -0.2) is 33.0 Å². The van der Waals surface area contributed by atoms with Gasteiger partial charge >= 0.3 is 0 Å². The highest BCUT2D eigenvalue weighted by atomic mass is 16.5. The Morgan fingerprint density at radius 3 is 2.52 bits per heavy atom. The zero-order valence-electron chi connectivity index (χ0n) is 13.5. The van der Waals surface area contributed by atoms with Crippen LogP contribution in [0.4, 0.5) is 0 Å². The van der Waals surface area contributed by atoms with Crippen LogP contribution < -0.4 is 14.8 Å². The fraction of sp³-hybridized carbons (Fsp3) is 0.647. The maximum absolute atomic E-state index is 5.95. The molecule has 0 radical (unpaired) electrons. The fourth-order valence-corrected chi connectivity index (χ4v) is 2.18. The second-order valence-corrected chi connectivity index (χ2v) is 5.88. The SMILES string of the molecule is CNC(COC(C)C(C)C)c1ccc2c(c1)OCCCO2. The smallest absolute Gasteiger partial charge is 0.161 e. The minimum absolute atomic E-state index is 0.156. The summed E-state index contributed by atoms with van der Waals surface area (Å²) in [6.45, 7) is 8.54. The summed E-state index contributed by atoms with van der Waals surface area (Å²) < 4.78 is 17.4. The Labute approximate surface area is 127 Å². The van der Waals surface area contributed by atoms with Crippen LogP contribution in [0.5, 0.6) is 11.5 Å². The van der Waals surface area contributed by atoms with Crippen LogP contribution >= 0.6 is 0 Å². The second kappa shape index (κ2) is 7.66. The number of hydrogen-bond acceptors (Lipinski definition) is 4. The number of fused-ring (bicyclic) bond motifs is 1. The van der Waals surface area contributed by atoms with Crippen molar-refractivity contribution < 1.29 is 14.2 Å². The maximum Gasteiger partial charge on any atom is 0.161 e. The minimum Gasteiger partial charge on any atom is -0.490 e. The highest BCUT2D eigenvalue weighted by Gasteiger charge is 2.17. The van der Waals surface area contributed by atoms with Gasteiger partial charge in [0.05, 0.1) is 32.0 Å². The minimum atomic E-state index is 0.156. The molecule has 0 aliphatic carbocycles. The summed E-state index contributed by atoms with van der Waals surface area (Å²) in [7, 11) is 1.96. The summed E-state index contributed by atoms with van der Waals surface area (Å²) >= 11 is 0. The summed E-state index contributed by atoms with van der Waals surface area (Å²) in [5.74, 6) is 2.19. The molecule has 0 bridgehead atoms. The first-order valence-corrected chi connectivity index (χ1v) is 7.80. The van der Waals surface area contributed by atoms with E-state index in [1.807, 2.05) is 13.1 Å². The van der Waals surface area contributed by atoms with Gasteiger partial charge in [-0.3, -0.25) is 0 Å². The molecule has 2 rings (SSSR count). The number of likely N-dealkylation sites (N-methyl/N-ethyl adjacent to an activating group) is 1. The molecule has 0 amide bonds. The Kier molecular flexibility index (Phi) is 5.88. The zero-order valence-corrected chi connectivity index (χ0v) is 13.5. The highest BCUT2D eigenvalue weighted by Crippen LogP contribution is 2.32. The van der Waals surface area contributed by atoms with Crippen molar-refractivity contribution in [2.24, 2.45) is 5.92 Å². The van der Waals surface area contributed by atoms with Crippen LogP contribution in [0.3, 0.4) is 0 Å². The van der Waals surface area contributed by atoms with Crippen molar-refractivity contribution >= 4 is 0 Å². The molecule has 1 aromatic rings. The van der Waals surface area contributed by atoms with E-state index in [-0.39, 0.29) is 12.1 Å². The van der Waals surface area contributed by atoms with E-state index < -0.39 is 0 Å². The molecule has 1 aliphatic rings. The van der Waals surface area contributed by atoms with Gasteiger partial charge in [0.15, 0.2) is 11.5 Å². The summed E-state index contributed by atoms with van der Waals surface area (Å²) in [5.41, 5.74) is 1.16. The summed E-state index contributed by atoms with van der Waals surface area (Å²) in [6, 6.07) is 6.29. The number of ether oxygens (including phenoxy) is 3. The van der Waals surface area contributed by atoms with E-state index in [4.69, 9.17) is 14.2 Å². The highest BCUT2D eigenvalue weighted by molar-refractivity contribution is 5.44. The molecule has 4 heteroatoms. The normalized spacial score (nSPS) is 17.4. The van der Waals surface area contributed by atoms with Gasteiger partial charge in [0.2, 0.25) is 0 Å². The van der Waals surface area contributed by atoms with E-state index in [0.717, 1.165) is 30.1 Å². The van der Waals surface area contributed by atoms with Gasteiger partial charge in [-0.1, -0.05) is 19.9 Å². The van der Waals surface area contributed by atoms with Gasteiger partial charge in [0.1, 0.15) is 0 Å². The number of benzene rings is 1. The topological polar surface area (TPSA) is 39.7 Å². The van der Waals surface area contributed by atoms with Crippen LogP contribution in [-0.2, 0) is 4.74 Å². The third-order valence-corrected chi connectivity index (χ3v) is 3.99. The average Bonchev–Trinajstić information content (AvgIpc) is 2.72. The Balaban J connectivity index is 2.06. The van der Waals surface area contributed by atoms with E-state index >= 15 is 0 Å². The van der Waals surface area contributed by atoms with Gasteiger partial charge < -0.3 is 19.5 Å². The lowest BCUT2D eigenvalue weighted by atomic mass is 10.1. The molecule has 1 heterocycles. The van der Waals surface area contributed by atoms with Crippen LogP contribution in [0.1, 0.15) is 38.8 Å². The molecular formula is C17H27NO3. The molecule has 0 fully saturated rings. The van der Waals surface area contributed by atoms with Gasteiger partial charge in [-0.2, -0.15) is 0 Å². The summed E-state index contributed by atoms with van der Waals surface area (Å²) in [6.07, 6.45) is 1.18. The third kappa shape index (κ3) is 4.35. The van der Waals surface area contributed by atoms with Crippen molar-refractivity contribution in [1.82, 2.24) is 5.32 Å². The molecule has 0 spiro atoms. The van der Waals surface area contributed by atoms with E-state index in [9.17, 15) is 0 Å². The van der Waals surface area contributed by atoms with Crippen molar-refractivity contribution in [1.29, 1.82) is 0 Å². The second-order valence-electron chi connectivity index (χ2n) is 5.88. The van der Waals surface area contributed by atoms with E-state index in [1.54, 1.807) is 0 Å². The van der Waals surface area contributed by atoms with Crippen LogP contribution in [0.15, 0.2) is 18.2 Å². The molecule has 1 N–H and O–H groups in total. The third-order valence-electron chi connectivity index (χ3n) is 3.99. The van der Waals surface area contributed by atoms with E-state index in [0.29, 0.717) is 19.1 Å². The van der Waals surface area contributed by atoms with Crippen molar-refractivity contribution in [2.45, 2.75) is 39.3 Å². The van der Waals surface area contributed by atoms with E-state index in [1.165, 1.54) is 0 Å². The molecule has 2 atom stereocenters. The Hall–Kier alpha value is -1.26. The van der Waals surface area contributed by atoms with Gasteiger partial charge in [-0.25, -0.2) is 0 Å². The summed E-state index contributed by atoms with van der Waals surface area (Å²) in [4.78, 5) is 0. The van der Waals surface area contributed by atoms with Gasteiger partial charge in [0, 0.05) is 6.42 Å². The molecule has 0 saturated carbocycles. The van der Waals surface area contributed by atoms with Crippen LogP contribution in [0.25, 0.3) is 0 Å². The predicted molar refractivity (Wildman–Crippen MR) is 84.1 cm³/mol. The van der Waals surface area contributed by atoms with Crippen molar-refractivity contribution in [3.05, 3.63) is 23.8 Å². The molecule has 1 aliphatic heterocycles. The lowest BCUT2D eigenvalue weighted by Crippen LogP contribution is -2.26. The molecule has 0 aromatic heterocycles. The van der Waals surface area contributed by atoms with Crippen LogP contribution in [0, 0.1) is 5.92 Å². The molecule has 1 aromatic carbocycles. The lowest BCUT2D eigenvalue weighted by molar-refractivity contribution is 0.0228. The largest absolute Gasteiger partial charge is 0.490 e. The Morgan fingerprint density at radius 2 is 1.86 bits per heavy atom.